The van der Waals surface area contributed by atoms with E-state index in [1.165, 1.54) is 0 Å². The maximum atomic E-state index is 9.11. The summed E-state index contributed by atoms with van der Waals surface area (Å²) in [5.74, 6) is 0.636. The van der Waals surface area contributed by atoms with E-state index in [1.54, 1.807) is 0 Å². The van der Waals surface area contributed by atoms with E-state index in [0.29, 0.717) is 5.75 Å². The summed E-state index contributed by atoms with van der Waals surface area (Å²) in [6, 6.07) is 3.96. The molecule has 0 aliphatic carbocycles. The molecule has 14 heavy (non-hydrogen) atoms. The van der Waals surface area contributed by atoms with Crippen molar-refractivity contribution in [2.45, 2.75) is 20.8 Å². The lowest BCUT2D eigenvalue weighted by atomic mass is 10.1. The van der Waals surface area contributed by atoms with Crippen LogP contribution in [0.15, 0.2) is 12.1 Å². The maximum Gasteiger partial charge on any atom is 0.721 e. The van der Waals surface area contributed by atoms with E-state index in [1.807, 2.05) is 32.9 Å². The van der Waals surface area contributed by atoms with E-state index in [-0.39, 0.29) is 0 Å². The number of hydrogen-bond donors (Lipinski definition) is 2. The van der Waals surface area contributed by atoms with Crippen LogP contribution in [-0.2, 0) is 4.10 Å². The van der Waals surface area contributed by atoms with Crippen LogP contribution in [0.3, 0.4) is 0 Å². The van der Waals surface area contributed by atoms with Gasteiger partial charge in [-0.25, -0.2) is 0 Å². The van der Waals surface area contributed by atoms with Gasteiger partial charge in [0.15, 0.2) is 0 Å². The van der Waals surface area contributed by atoms with Gasteiger partial charge in [0.1, 0.15) is 5.75 Å². The first kappa shape index (κ1) is 11.4. The summed E-state index contributed by atoms with van der Waals surface area (Å²) in [6.07, 6.45) is 0. The summed E-state index contributed by atoms with van der Waals surface area (Å²) in [7, 11) is -1.33. The molecule has 0 spiro atoms. The van der Waals surface area contributed by atoms with Gasteiger partial charge >= 0.3 is 7.32 Å². The van der Waals surface area contributed by atoms with Crippen LogP contribution in [0.1, 0.15) is 16.7 Å². The van der Waals surface area contributed by atoms with Crippen LogP contribution in [0.25, 0.3) is 0 Å². The monoisotopic (exact) mass is 212 g/mol. The first-order chi connectivity index (χ1) is 6.54. The van der Waals surface area contributed by atoms with Crippen molar-refractivity contribution in [3.05, 3.63) is 28.8 Å². The minimum Gasteiger partial charge on any atom is -0.511 e. The lowest BCUT2D eigenvalue weighted by Crippen LogP contribution is -2.23. The molecule has 1 aromatic carbocycles. The van der Waals surface area contributed by atoms with Crippen molar-refractivity contribution in [2.75, 3.05) is 0 Å². The topological polar surface area (TPSA) is 38.7 Å². The summed E-state index contributed by atoms with van der Waals surface area (Å²) in [5, 5.41) is 9.11. The summed E-state index contributed by atoms with van der Waals surface area (Å²) in [5.41, 5.74) is 3.09. The van der Waals surface area contributed by atoms with Crippen LogP contribution in [-0.4, -0.2) is 12.3 Å². The third kappa shape index (κ3) is 2.67. The zero-order valence-corrected chi connectivity index (χ0v) is 9.34. The Bertz CT molecular complexity index is 307. The third-order valence-electron chi connectivity index (χ3n) is 1.91. The molecule has 5 heteroatoms. The summed E-state index contributed by atoms with van der Waals surface area (Å²) in [6.45, 7) is 5.84. The van der Waals surface area contributed by atoms with Crippen molar-refractivity contribution < 1.29 is 13.8 Å². The molecule has 0 aliphatic rings. The van der Waals surface area contributed by atoms with E-state index in [9.17, 15) is 0 Å². The molecule has 0 unspecified atom stereocenters. The quantitative estimate of drug-likeness (QED) is 0.456. The Balaban J connectivity index is 2.96. The molecule has 0 saturated carbocycles. The predicted molar refractivity (Wildman–Crippen MR) is 59.3 cm³/mol. The molecule has 0 heterocycles. The number of rotatable bonds is 3. The van der Waals surface area contributed by atoms with Crippen molar-refractivity contribution in [3.63, 3.8) is 0 Å². The normalized spacial score (nSPS) is 10.1. The van der Waals surface area contributed by atoms with Gasteiger partial charge in [-0.1, -0.05) is 17.7 Å². The lowest BCUT2D eigenvalue weighted by Gasteiger charge is -2.13. The van der Waals surface area contributed by atoms with Crippen molar-refractivity contribution >= 4 is 20.2 Å². The Labute approximate surface area is 89.8 Å². The SMILES string of the molecule is Cc1cc(C)c(OB(O)OS)c(C)c1. The molecule has 0 fully saturated rings. The number of thiol groups is 1. The highest BCUT2D eigenvalue weighted by Gasteiger charge is 2.19. The van der Waals surface area contributed by atoms with E-state index in [4.69, 9.17) is 9.68 Å². The molecule has 1 aromatic rings. The first-order valence-corrected chi connectivity index (χ1v) is 4.64. The average Bonchev–Trinajstić information content (AvgIpc) is 2.10. The van der Waals surface area contributed by atoms with Crippen molar-refractivity contribution in [1.29, 1.82) is 0 Å². The highest BCUT2D eigenvalue weighted by Crippen LogP contribution is 2.24. The first-order valence-electron chi connectivity index (χ1n) is 4.27. The van der Waals surface area contributed by atoms with Gasteiger partial charge in [0, 0.05) is 0 Å². The van der Waals surface area contributed by atoms with Crippen LogP contribution in [0.4, 0.5) is 0 Å². The van der Waals surface area contributed by atoms with E-state index in [2.05, 4.69) is 17.0 Å². The second kappa shape index (κ2) is 4.73. The second-order valence-corrected chi connectivity index (χ2v) is 3.47. The van der Waals surface area contributed by atoms with Crippen molar-refractivity contribution in [3.8, 4) is 5.75 Å². The van der Waals surface area contributed by atoms with Crippen LogP contribution >= 0.6 is 12.9 Å². The molecule has 0 aliphatic heterocycles. The minimum absolute atomic E-state index is 0.636. The van der Waals surface area contributed by atoms with Gasteiger partial charge in [-0.05, 0) is 44.8 Å². The van der Waals surface area contributed by atoms with Gasteiger partial charge < -0.3 is 13.8 Å². The van der Waals surface area contributed by atoms with Crippen LogP contribution in [0.2, 0.25) is 0 Å². The Kier molecular flexibility index (Phi) is 3.86. The summed E-state index contributed by atoms with van der Waals surface area (Å²) >= 11 is 3.46. The molecular formula is C9H13BO3S. The molecule has 0 amide bonds. The zero-order valence-electron chi connectivity index (χ0n) is 8.44. The van der Waals surface area contributed by atoms with Gasteiger partial charge in [-0.15, -0.1) is 0 Å². The molecule has 0 aromatic heterocycles. The second-order valence-electron chi connectivity index (χ2n) is 3.26. The Morgan fingerprint density at radius 2 is 1.71 bits per heavy atom. The standard InChI is InChI=1S/C9H13BO3S/c1-6-4-7(2)9(8(3)5-6)12-10(11)13-14/h4-5,11,14H,1-3H3. The third-order valence-corrected chi connectivity index (χ3v) is 2.09. The predicted octanol–water partition coefficient (Wildman–Crippen LogP) is 1.83. The molecule has 0 bridgehead atoms. The number of aryl methyl sites for hydroxylation is 3. The van der Waals surface area contributed by atoms with E-state index < -0.39 is 7.32 Å². The minimum atomic E-state index is -1.33. The van der Waals surface area contributed by atoms with Crippen molar-refractivity contribution in [2.24, 2.45) is 0 Å². The Morgan fingerprint density at radius 1 is 1.21 bits per heavy atom. The van der Waals surface area contributed by atoms with Crippen LogP contribution in [0, 0.1) is 20.8 Å². The number of benzene rings is 1. The summed E-state index contributed by atoms with van der Waals surface area (Å²) in [4.78, 5) is 0. The average molecular weight is 212 g/mol. The smallest absolute Gasteiger partial charge is 0.511 e. The van der Waals surface area contributed by atoms with Crippen LogP contribution < -0.4 is 4.65 Å². The number of hydrogen-bond acceptors (Lipinski definition) is 4. The fourth-order valence-electron chi connectivity index (χ4n) is 1.48. The molecule has 1 N–H and O–H groups in total. The van der Waals surface area contributed by atoms with E-state index >= 15 is 0 Å². The van der Waals surface area contributed by atoms with Gasteiger partial charge in [-0.3, -0.25) is 0 Å². The van der Waals surface area contributed by atoms with Gasteiger partial charge in [0.2, 0.25) is 0 Å². The van der Waals surface area contributed by atoms with Crippen LogP contribution in [0.5, 0.6) is 5.75 Å². The zero-order chi connectivity index (χ0) is 10.7. The Morgan fingerprint density at radius 3 is 2.14 bits per heavy atom. The molecule has 76 valence electrons. The molecule has 3 nitrogen and oxygen atoms in total. The highest BCUT2D eigenvalue weighted by molar-refractivity contribution is 7.76. The molecular weight excluding hydrogens is 199 g/mol. The fraction of sp³-hybridized carbons (Fsp3) is 0.333. The summed E-state index contributed by atoms with van der Waals surface area (Å²) < 4.78 is 9.46. The largest absolute Gasteiger partial charge is 0.721 e. The highest BCUT2D eigenvalue weighted by atomic mass is 32.1. The molecule has 0 radical (unpaired) electrons. The van der Waals surface area contributed by atoms with Gasteiger partial charge in [-0.2, -0.15) is 0 Å². The fourth-order valence-corrected chi connectivity index (χ4v) is 1.52. The molecule has 0 saturated heterocycles. The van der Waals surface area contributed by atoms with Crippen molar-refractivity contribution in [1.82, 2.24) is 0 Å². The molecule has 1 rings (SSSR count). The Hall–Kier alpha value is -0.645. The van der Waals surface area contributed by atoms with Gasteiger partial charge in [0.05, 0.1) is 0 Å². The van der Waals surface area contributed by atoms with E-state index in [0.717, 1.165) is 16.7 Å². The van der Waals surface area contributed by atoms with Gasteiger partial charge in [0.25, 0.3) is 0 Å². The maximum absolute atomic E-state index is 9.11. The molecule has 0 atom stereocenters. The lowest BCUT2D eigenvalue weighted by molar-refractivity contribution is 0.318.